The van der Waals surface area contributed by atoms with Crippen molar-refractivity contribution >= 4 is 11.9 Å². The van der Waals surface area contributed by atoms with Crippen LogP contribution in [0.4, 0.5) is 0 Å². The zero-order valence-electron chi connectivity index (χ0n) is 14.6. The Kier molecular flexibility index (Phi) is 8.51. The van der Waals surface area contributed by atoms with Gasteiger partial charge in [-0.1, -0.05) is 39.5 Å². The number of ether oxygens (including phenoxy) is 2. The van der Waals surface area contributed by atoms with E-state index in [9.17, 15) is 9.59 Å². The monoisotopic (exact) mass is 312 g/mol. The van der Waals surface area contributed by atoms with E-state index in [0.29, 0.717) is 0 Å². The van der Waals surface area contributed by atoms with E-state index in [1.807, 2.05) is 13.8 Å². The van der Waals surface area contributed by atoms with Crippen molar-refractivity contribution in [3.05, 3.63) is 0 Å². The van der Waals surface area contributed by atoms with Crippen LogP contribution < -0.4 is 0 Å². The highest BCUT2D eigenvalue weighted by atomic mass is 16.6. The molecule has 0 aromatic heterocycles. The molecule has 0 aromatic carbocycles. The van der Waals surface area contributed by atoms with Gasteiger partial charge in [-0.3, -0.25) is 9.59 Å². The third kappa shape index (κ3) is 5.98. The highest BCUT2D eigenvalue weighted by molar-refractivity contribution is 5.82. The summed E-state index contributed by atoms with van der Waals surface area (Å²) in [7, 11) is 0. The molecule has 4 unspecified atom stereocenters. The molecule has 0 spiro atoms. The highest BCUT2D eigenvalue weighted by Gasteiger charge is 2.38. The van der Waals surface area contributed by atoms with E-state index in [1.54, 1.807) is 0 Å². The van der Waals surface area contributed by atoms with Crippen LogP contribution in [0, 0.1) is 11.8 Å². The summed E-state index contributed by atoms with van der Waals surface area (Å²) < 4.78 is 11.0. The van der Waals surface area contributed by atoms with Crippen molar-refractivity contribution in [3.63, 3.8) is 0 Å². The lowest BCUT2D eigenvalue weighted by molar-refractivity contribution is -0.168. The Bertz CT molecular complexity index is 319. The van der Waals surface area contributed by atoms with Crippen LogP contribution in [-0.2, 0) is 19.1 Å². The number of rotatable bonds is 8. The topological polar surface area (TPSA) is 52.6 Å². The van der Waals surface area contributed by atoms with E-state index in [-0.39, 0.29) is 36.0 Å². The third-order valence-corrected chi connectivity index (χ3v) is 4.40. The molecule has 0 N–H and O–H groups in total. The SMILES string of the molecule is CCCC(C)OC(=O)C1CCCCC1C(=O)OC(C)CCC. The molecule has 0 aromatic rings. The van der Waals surface area contributed by atoms with Gasteiger partial charge in [-0.05, 0) is 39.5 Å². The largest absolute Gasteiger partial charge is 0.462 e. The Morgan fingerprint density at radius 2 is 1.23 bits per heavy atom. The molecular weight excluding hydrogens is 280 g/mol. The van der Waals surface area contributed by atoms with Gasteiger partial charge in [0.1, 0.15) is 0 Å². The number of esters is 2. The van der Waals surface area contributed by atoms with Crippen LogP contribution in [0.25, 0.3) is 0 Å². The maximum Gasteiger partial charge on any atom is 0.310 e. The molecule has 0 aliphatic heterocycles. The van der Waals surface area contributed by atoms with Crippen molar-refractivity contribution in [2.24, 2.45) is 11.8 Å². The zero-order valence-corrected chi connectivity index (χ0v) is 14.6. The maximum atomic E-state index is 12.4. The van der Waals surface area contributed by atoms with Gasteiger partial charge in [0.2, 0.25) is 0 Å². The van der Waals surface area contributed by atoms with Crippen molar-refractivity contribution in [1.29, 1.82) is 0 Å². The standard InChI is InChI=1S/C18H32O4/c1-5-9-13(3)21-17(19)15-11-7-8-12-16(15)18(20)22-14(4)10-6-2/h13-16H,5-12H2,1-4H3. The van der Waals surface area contributed by atoms with Crippen LogP contribution >= 0.6 is 0 Å². The predicted octanol–water partition coefficient (Wildman–Crippen LogP) is 4.26. The minimum Gasteiger partial charge on any atom is -0.462 e. The fourth-order valence-electron chi connectivity index (χ4n) is 3.20. The van der Waals surface area contributed by atoms with E-state index in [4.69, 9.17) is 9.47 Å². The lowest BCUT2D eigenvalue weighted by Gasteiger charge is -2.30. The molecule has 0 saturated heterocycles. The fraction of sp³-hybridized carbons (Fsp3) is 0.889. The van der Waals surface area contributed by atoms with Crippen molar-refractivity contribution in [1.82, 2.24) is 0 Å². The molecule has 4 nitrogen and oxygen atoms in total. The van der Waals surface area contributed by atoms with Gasteiger partial charge in [-0.15, -0.1) is 0 Å². The Morgan fingerprint density at radius 3 is 1.55 bits per heavy atom. The Balaban J connectivity index is 2.62. The van der Waals surface area contributed by atoms with Crippen molar-refractivity contribution < 1.29 is 19.1 Å². The molecule has 128 valence electrons. The predicted molar refractivity (Wildman–Crippen MR) is 86.4 cm³/mol. The van der Waals surface area contributed by atoms with Crippen LogP contribution in [-0.4, -0.2) is 24.1 Å². The third-order valence-electron chi connectivity index (χ3n) is 4.40. The summed E-state index contributed by atoms with van der Waals surface area (Å²) in [5.41, 5.74) is 0. The first-order valence-corrected chi connectivity index (χ1v) is 8.90. The minimum absolute atomic E-state index is 0.0740. The Morgan fingerprint density at radius 1 is 0.864 bits per heavy atom. The van der Waals surface area contributed by atoms with Crippen molar-refractivity contribution in [3.8, 4) is 0 Å². The normalized spacial score (nSPS) is 24.4. The molecule has 4 atom stereocenters. The number of hydrogen-bond donors (Lipinski definition) is 0. The quantitative estimate of drug-likeness (QED) is 0.628. The number of carbonyl (C=O) groups is 2. The fourth-order valence-corrected chi connectivity index (χ4v) is 3.20. The zero-order chi connectivity index (χ0) is 16.5. The Hall–Kier alpha value is -1.06. The molecule has 1 aliphatic rings. The van der Waals surface area contributed by atoms with Gasteiger partial charge in [-0.2, -0.15) is 0 Å². The maximum absolute atomic E-state index is 12.4. The van der Waals surface area contributed by atoms with E-state index < -0.39 is 0 Å². The molecule has 0 bridgehead atoms. The molecule has 1 aliphatic carbocycles. The van der Waals surface area contributed by atoms with Crippen LogP contribution in [0.1, 0.15) is 79.1 Å². The van der Waals surface area contributed by atoms with Gasteiger partial charge in [-0.25, -0.2) is 0 Å². The molecular formula is C18H32O4. The van der Waals surface area contributed by atoms with E-state index >= 15 is 0 Å². The second-order valence-electron chi connectivity index (χ2n) is 6.57. The molecule has 4 heteroatoms. The molecule has 1 rings (SSSR count). The minimum atomic E-state index is -0.325. The second kappa shape index (κ2) is 9.86. The van der Waals surface area contributed by atoms with Crippen LogP contribution in [0.3, 0.4) is 0 Å². The van der Waals surface area contributed by atoms with Crippen LogP contribution in [0.2, 0.25) is 0 Å². The van der Waals surface area contributed by atoms with Gasteiger partial charge >= 0.3 is 11.9 Å². The summed E-state index contributed by atoms with van der Waals surface area (Å²) in [5, 5.41) is 0. The van der Waals surface area contributed by atoms with Crippen LogP contribution in [0.15, 0.2) is 0 Å². The van der Waals surface area contributed by atoms with Gasteiger partial charge < -0.3 is 9.47 Å². The molecule has 0 heterocycles. The lowest BCUT2D eigenvalue weighted by atomic mass is 9.79. The first-order chi connectivity index (χ1) is 10.5. The Labute approximate surface area is 134 Å². The summed E-state index contributed by atoms with van der Waals surface area (Å²) >= 11 is 0. The average Bonchev–Trinajstić information content (AvgIpc) is 2.47. The molecule has 1 saturated carbocycles. The molecule has 0 amide bonds. The molecule has 0 radical (unpaired) electrons. The van der Waals surface area contributed by atoms with Gasteiger partial charge in [0.15, 0.2) is 0 Å². The second-order valence-corrected chi connectivity index (χ2v) is 6.57. The first kappa shape index (κ1) is 19.0. The lowest BCUT2D eigenvalue weighted by Crippen LogP contribution is -2.37. The average molecular weight is 312 g/mol. The highest BCUT2D eigenvalue weighted by Crippen LogP contribution is 2.33. The summed E-state index contributed by atoms with van der Waals surface area (Å²) in [6.45, 7) is 7.97. The number of carbonyl (C=O) groups excluding carboxylic acids is 2. The summed E-state index contributed by atoms with van der Waals surface area (Å²) in [6, 6.07) is 0. The van der Waals surface area contributed by atoms with Gasteiger partial charge in [0.25, 0.3) is 0 Å². The van der Waals surface area contributed by atoms with E-state index in [2.05, 4.69) is 13.8 Å². The van der Waals surface area contributed by atoms with Gasteiger partial charge in [0, 0.05) is 0 Å². The number of hydrogen-bond acceptors (Lipinski definition) is 4. The smallest absolute Gasteiger partial charge is 0.310 e. The molecule has 22 heavy (non-hydrogen) atoms. The summed E-state index contributed by atoms with van der Waals surface area (Å²) in [5.74, 6) is -1.08. The summed E-state index contributed by atoms with van der Waals surface area (Å²) in [6.07, 6.45) is 6.98. The van der Waals surface area contributed by atoms with E-state index in [0.717, 1.165) is 51.4 Å². The summed E-state index contributed by atoms with van der Waals surface area (Å²) in [4.78, 5) is 24.8. The van der Waals surface area contributed by atoms with Crippen LogP contribution in [0.5, 0.6) is 0 Å². The molecule has 1 fully saturated rings. The van der Waals surface area contributed by atoms with E-state index in [1.165, 1.54) is 0 Å². The van der Waals surface area contributed by atoms with Gasteiger partial charge in [0.05, 0.1) is 24.0 Å². The van der Waals surface area contributed by atoms with Crippen molar-refractivity contribution in [2.75, 3.05) is 0 Å². The van der Waals surface area contributed by atoms with Crippen molar-refractivity contribution in [2.45, 2.75) is 91.3 Å². The first-order valence-electron chi connectivity index (χ1n) is 8.90.